The number of benzene rings is 1. The van der Waals surface area contributed by atoms with Gasteiger partial charge in [-0.3, -0.25) is 9.59 Å². The number of hydrogen-bond donors (Lipinski definition) is 1. The standard InChI is InChI=1S/C14H18N2O5S/c1-9(17)12-4-3-11(6-13(12)21-2)16-7-10(5-14(16)18)8-22(15,19)20/h3-4,6,10H,5,7-8H2,1-2H3,(H2,15,19,20). The van der Waals surface area contributed by atoms with E-state index in [1.807, 2.05) is 0 Å². The molecule has 7 nitrogen and oxygen atoms in total. The highest BCUT2D eigenvalue weighted by molar-refractivity contribution is 7.89. The lowest BCUT2D eigenvalue weighted by Crippen LogP contribution is -2.27. The Kier molecular flexibility index (Phi) is 4.52. The molecule has 2 N–H and O–H groups in total. The maximum atomic E-state index is 12.1. The molecule has 0 spiro atoms. The van der Waals surface area contributed by atoms with Gasteiger partial charge in [0.1, 0.15) is 5.75 Å². The van der Waals surface area contributed by atoms with Gasteiger partial charge in [-0.25, -0.2) is 13.6 Å². The van der Waals surface area contributed by atoms with Crippen LogP contribution in [0.25, 0.3) is 0 Å². The van der Waals surface area contributed by atoms with Gasteiger partial charge in [-0.05, 0) is 19.1 Å². The number of rotatable bonds is 5. The van der Waals surface area contributed by atoms with Crippen LogP contribution >= 0.6 is 0 Å². The van der Waals surface area contributed by atoms with Gasteiger partial charge in [-0.2, -0.15) is 0 Å². The van der Waals surface area contributed by atoms with E-state index < -0.39 is 10.0 Å². The molecule has 22 heavy (non-hydrogen) atoms. The summed E-state index contributed by atoms with van der Waals surface area (Å²) in [4.78, 5) is 25.0. The van der Waals surface area contributed by atoms with Gasteiger partial charge in [0.25, 0.3) is 0 Å². The van der Waals surface area contributed by atoms with E-state index >= 15 is 0 Å². The monoisotopic (exact) mass is 326 g/mol. The maximum absolute atomic E-state index is 12.1. The van der Waals surface area contributed by atoms with Crippen LogP contribution in [0.2, 0.25) is 0 Å². The number of anilines is 1. The van der Waals surface area contributed by atoms with Crippen LogP contribution in [0.4, 0.5) is 5.69 Å². The quantitative estimate of drug-likeness (QED) is 0.795. The molecule has 1 atom stereocenters. The van der Waals surface area contributed by atoms with Gasteiger partial charge in [-0.15, -0.1) is 0 Å². The first kappa shape index (κ1) is 16.4. The third-order valence-corrected chi connectivity index (χ3v) is 4.49. The number of nitrogens with two attached hydrogens (primary N) is 1. The lowest BCUT2D eigenvalue weighted by molar-refractivity contribution is -0.117. The summed E-state index contributed by atoms with van der Waals surface area (Å²) in [7, 11) is -2.17. The Hall–Kier alpha value is -1.93. The van der Waals surface area contributed by atoms with Crippen LogP contribution in [0.15, 0.2) is 18.2 Å². The van der Waals surface area contributed by atoms with Crippen LogP contribution in [-0.4, -0.2) is 39.5 Å². The maximum Gasteiger partial charge on any atom is 0.227 e. The molecule has 1 saturated heterocycles. The SMILES string of the molecule is COc1cc(N2CC(CS(N)(=O)=O)CC2=O)ccc1C(C)=O. The predicted octanol–water partition coefficient (Wildman–Crippen LogP) is 0.539. The number of ether oxygens (including phenoxy) is 1. The molecule has 0 saturated carbocycles. The third kappa shape index (κ3) is 3.63. The van der Waals surface area contributed by atoms with Crippen LogP contribution in [0.5, 0.6) is 5.75 Å². The normalized spacial score (nSPS) is 18.6. The Balaban J connectivity index is 2.25. The Labute approximate surface area is 129 Å². The van der Waals surface area contributed by atoms with Crippen molar-refractivity contribution in [3.63, 3.8) is 0 Å². The molecule has 1 aliphatic rings. The Morgan fingerprint density at radius 2 is 2.14 bits per heavy atom. The molecule has 0 bridgehead atoms. The van der Waals surface area contributed by atoms with Gasteiger partial charge in [-0.1, -0.05) is 0 Å². The summed E-state index contributed by atoms with van der Waals surface area (Å²) in [5.74, 6) is -0.485. The fourth-order valence-corrected chi connectivity index (χ4v) is 3.49. The Morgan fingerprint density at radius 1 is 1.45 bits per heavy atom. The van der Waals surface area contributed by atoms with Crippen molar-refractivity contribution in [3.8, 4) is 5.75 Å². The lowest BCUT2D eigenvalue weighted by Gasteiger charge is -2.18. The van der Waals surface area contributed by atoms with Crippen molar-refractivity contribution in [2.75, 3.05) is 24.3 Å². The zero-order valence-corrected chi connectivity index (χ0v) is 13.2. The number of carbonyl (C=O) groups excluding carboxylic acids is 2. The molecular formula is C14H18N2O5S. The van der Waals surface area contributed by atoms with Crippen LogP contribution in [0.3, 0.4) is 0 Å². The number of amides is 1. The van der Waals surface area contributed by atoms with E-state index in [4.69, 9.17) is 9.88 Å². The zero-order valence-electron chi connectivity index (χ0n) is 12.4. The molecule has 1 unspecified atom stereocenters. The van der Waals surface area contributed by atoms with E-state index in [2.05, 4.69) is 0 Å². The van der Waals surface area contributed by atoms with E-state index in [9.17, 15) is 18.0 Å². The van der Waals surface area contributed by atoms with Gasteiger partial charge in [0, 0.05) is 30.6 Å². The van der Waals surface area contributed by atoms with E-state index in [1.54, 1.807) is 18.2 Å². The Bertz CT molecular complexity index is 714. The van der Waals surface area contributed by atoms with Crippen molar-refractivity contribution in [2.45, 2.75) is 13.3 Å². The Morgan fingerprint density at radius 3 is 2.68 bits per heavy atom. The fourth-order valence-electron chi connectivity index (χ4n) is 2.61. The molecule has 1 aromatic rings. The number of ketones is 1. The average molecular weight is 326 g/mol. The minimum absolute atomic E-state index is 0.132. The predicted molar refractivity (Wildman–Crippen MR) is 81.4 cm³/mol. The molecule has 0 radical (unpaired) electrons. The molecule has 1 amide bonds. The van der Waals surface area contributed by atoms with Crippen molar-refractivity contribution in [1.82, 2.24) is 0 Å². The summed E-state index contributed by atoms with van der Waals surface area (Å²) >= 11 is 0. The molecule has 1 aliphatic heterocycles. The van der Waals surface area contributed by atoms with Gasteiger partial charge in [0.15, 0.2) is 5.78 Å². The second-order valence-electron chi connectivity index (χ2n) is 5.34. The first-order chi connectivity index (χ1) is 10.2. The van der Waals surface area contributed by atoms with Crippen molar-refractivity contribution in [1.29, 1.82) is 0 Å². The molecule has 0 aromatic heterocycles. The van der Waals surface area contributed by atoms with E-state index in [0.29, 0.717) is 17.0 Å². The number of carbonyl (C=O) groups is 2. The topological polar surface area (TPSA) is 107 Å². The second-order valence-corrected chi connectivity index (χ2v) is 7.00. The number of hydrogen-bond acceptors (Lipinski definition) is 5. The van der Waals surface area contributed by atoms with E-state index in [-0.39, 0.29) is 36.3 Å². The number of nitrogens with zero attached hydrogens (tertiary/aromatic N) is 1. The van der Waals surface area contributed by atoms with Crippen LogP contribution in [-0.2, 0) is 14.8 Å². The zero-order chi connectivity index (χ0) is 16.5. The van der Waals surface area contributed by atoms with Gasteiger partial charge in [0.2, 0.25) is 15.9 Å². The molecule has 1 aromatic carbocycles. The van der Waals surface area contributed by atoms with Gasteiger partial charge >= 0.3 is 0 Å². The van der Waals surface area contributed by atoms with Crippen molar-refractivity contribution < 1.29 is 22.7 Å². The third-order valence-electron chi connectivity index (χ3n) is 3.55. The number of primary sulfonamides is 1. The largest absolute Gasteiger partial charge is 0.496 e. The minimum Gasteiger partial charge on any atom is -0.496 e. The number of methoxy groups -OCH3 is 1. The van der Waals surface area contributed by atoms with Crippen molar-refractivity contribution >= 4 is 27.4 Å². The number of sulfonamides is 1. The van der Waals surface area contributed by atoms with Crippen LogP contribution in [0, 0.1) is 5.92 Å². The van der Waals surface area contributed by atoms with Crippen molar-refractivity contribution in [3.05, 3.63) is 23.8 Å². The van der Waals surface area contributed by atoms with E-state index in [0.717, 1.165) is 0 Å². The smallest absolute Gasteiger partial charge is 0.227 e. The van der Waals surface area contributed by atoms with Gasteiger partial charge in [0.05, 0.1) is 18.4 Å². The fraction of sp³-hybridized carbons (Fsp3) is 0.429. The van der Waals surface area contributed by atoms with Crippen LogP contribution < -0.4 is 14.8 Å². The van der Waals surface area contributed by atoms with Crippen molar-refractivity contribution in [2.24, 2.45) is 11.1 Å². The molecule has 2 rings (SSSR count). The number of Topliss-reactive ketones (excluding diaryl/α,β-unsaturated/α-hetero) is 1. The van der Waals surface area contributed by atoms with E-state index in [1.165, 1.54) is 18.9 Å². The summed E-state index contributed by atoms with van der Waals surface area (Å²) in [6, 6.07) is 4.85. The molecule has 120 valence electrons. The average Bonchev–Trinajstić information content (AvgIpc) is 2.76. The molecule has 0 aliphatic carbocycles. The lowest BCUT2D eigenvalue weighted by atomic mass is 10.1. The summed E-state index contributed by atoms with van der Waals surface area (Å²) < 4.78 is 27.5. The summed E-state index contributed by atoms with van der Waals surface area (Å²) in [6.07, 6.45) is 0.132. The van der Waals surface area contributed by atoms with Crippen LogP contribution in [0.1, 0.15) is 23.7 Å². The molecule has 8 heteroatoms. The highest BCUT2D eigenvalue weighted by atomic mass is 32.2. The highest BCUT2D eigenvalue weighted by Crippen LogP contribution is 2.30. The molecule has 1 heterocycles. The van der Waals surface area contributed by atoms with Gasteiger partial charge < -0.3 is 9.64 Å². The minimum atomic E-state index is -3.62. The molecule has 1 fully saturated rings. The highest BCUT2D eigenvalue weighted by Gasteiger charge is 2.33. The first-order valence-electron chi connectivity index (χ1n) is 6.71. The molecular weight excluding hydrogens is 308 g/mol. The second kappa shape index (κ2) is 6.05. The summed E-state index contributed by atoms with van der Waals surface area (Å²) in [5, 5.41) is 5.03. The first-order valence-corrected chi connectivity index (χ1v) is 8.42. The summed E-state index contributed by atoms with van der Waals surface area (Å²) in [6.45, 7) is 1.71. The summed E-state index contributed by atoms with van der Waals surface area (Å²) in [5.41, 5.74) is 1.00.